The smallest absolute Gasteiger partial charge is 0.252 e. The van der Waals surface area contributed by atoms with Gasteiger partial charge >= 0.3 is 0 Å². The SMILES string of the molecule is CCn1cc(CC(=O)N2CCN(c3nnc(C)c(C)c3C(N)=O)CC2)cn1. The molecule has 0 bridgehead atoms. The molecule has 0 atom stereocenters. The maximum Gasteiger partial charge on any atom is 0.252 e. The summed E-state index contributed by atoms with van der Waals surface area (Å²) >= 11 is 0. The van der Waals surface area contributed by atoms with Gasteiger partial charge in [-0.1, -0.05) is 0 Å². The molecule has 0 aliphatic carbocycles. The van der Waals surface area contributed by atoms with Gasteiger partial charge in [0.2, 0.25) is 5.91 Å². The highest BCUT2D eigenvalue weighted by Gasteiger charge is 2.26. The summed E-state index contributed by atoms with van der Waals surface area (Å²) in [6, 6.07) is 0. The van der Waals surface area contributed by atoms with Crippen LogP contribution in [0.15, 0.2) is 12.4 Å². The van der Waals surface area contributed by atoms with Gasteiger partial charge < -0.3 is 15.5 Å². The molecule has 27 heavy (non-hydrogen) atoms. The van der Waals surface area contributed by atoms with Crippen molar-refractivity contribution < 1.29 is 9.59 Å². The average Bonchev–Trinajstić information content (AvgIpc) is 3.11. The molecule has 9 heteroatoms. The highest BCUT2D eigenvalue weighted by Crippen LogP contribution is 2.23. The minimum absolute atomic E-state index is 0.0756. The van der Waals surface area contributed by atoms with Crippen LogP contribution in [0.1, 0.15) is 34.1 Å². The van der Waals surface area contributed by atoms with Gasteiger partial charge in [-0.2, -0.15) is 10.2 Å². The van der Waals surface area contributed by atoms with Gasteiger partial charge in [-0.15, -0.1) is 5.10 Å². The third kappa shape index (κ3) is 3.91. The van der Waals surface area contributed by atoms with Crippen LogP contribution in [0.25, 0.3) is 0 Å². The molecule has 0 saturated carbocycles. The van der Waals surface area contributed by atoms with Crippen LogP contribution in [0, 0.1) is 13.8 Å². The fraction of sp³-hybridized carbons (Fsp3) is 0.500. The Morgan fingerprint density at radius 3 is 2.44 bits per heavy atom. The van der Waals surface area contributed by atoms with Gasteiger partial charge in [-0.25, -0.2) is 0 Å². The van der Waals surface area contributed by atoms with E-state index in [1.165, 1.54) is 0 Å². The summed E-state index contributed by atoms with van der Waals surface area (Å²) in [5, 5.41) is 12.5. The molecule has 1 aliphatic rings. The first-order valence-electron chi connectivity index (χ1n) is 9.08. The number of nitrogens with two attached hydrogens (primary N) is 1. The van der Waals surface area contributed by atoms with E-state index < -0.39 is 5.91 Å². The first-order chi connectivity index (χ1) is 12.9. The van der Waals surface area contributed by atoms with Crippen LogP contribution in [0.5, 0.6) is 0 Å². The Labute approximate surface area is 158 Å². The molecular weight excluding hydrogens is 346 g/mol. The van der Waals surface area contributed by atoms with Crippen LogP contribution < -0.4 is 10.6 Å². The second kappa shape index (κ2) is 7.73. The number of hydrogen-bond acceptors (Lipinski definition) is 6. The minimum Gasteiger partial charge on any atom is -0.365 e. The van der Waals surface area contributed by atoms with Crippen molar-refractivity contribution in [3.05, 3.63) is 34.8 Å². The van der Waals surface area contributed by atoms with Crippen molar-refractivity contribution in [3.63, 3.8) is 0 Å². The van der Waals surface area contributed by atoms with Crippen molar-refractivity contribution in [2.24, 2.45) is 5.73 Å². The Hall–Kier alpha value is -2.97. The molecule has 2 aromatic rings. The largest absolute Gasteiger partial charge is 0.365 e. The number of carbonyl (C=O) groups is 2. The van der Waals surface area contributed by atoms with E-state index in [1.807, 2.05) is 34.5 Å². The first kappa shape index (κ1) is 18.8. The molecule has 2 aromatic heterocycles. The third-order valence-electron chi connectivity index (χ3n) is 4.98. The maximum absolute atomic E-state index is 12.6. The first-order valence-corrected chi connectivity index (χ1v) is 9.08. The number of nitrogens with zero attached hydrogens (tertiary/aromatic N) is 6. The van der Waals surface area contributed by atoms with Gasteiger partial charge in [-0.05, 0) is 31.9 Å². The molecule has 2 amide bonds. The number of amides is 2. The normalized spacial score (nSPS) is 14.5. The van der Waals surface area contributed by atoms with Gasteiger partial charge in [0.25, 0.3) is 5.91 Å². The van der Waals surface area contributed by atoms with Crippen LogP contribution >= 0.6 is 0 Å². The molecular formula is C18H25N7O2. The second-order valence-electron chi connectivity index (χ2n) is 6.72. The molecule has 9 nitrogen and oxygen atoms in total. The monoisotopic (exact) mass is 371 g/mol. The van der Waals surface area contributed by atoms with E-state index in [0.29, 0.717) is 49.7 Å². The molecule has 1 fully saturated rings. The van der Waals surface area contributed by atoms with Crippen molar-refractivity contribution in [2.75, 3.05) is 31.1 Å². The van der Waals surface area contributed by atoms with Gasteiger partial charge in [0.15, 0.2) is 5.82 Å². The second-order valence-corrected chi connectivity index (χ2v) is 6.72. The Morgan fingerprint density at radius 1 is 1.15 bits per heavy atom. The van der Waals surface area contributed by atoms with E-state index in [-0.39, 0.29) is 5.91 Å². The average molecular weight is 371 g/mol. The zero-order valence-corrected chi connectivity index (χ0v) is 16.0. The molecule has 3 rings (SSSR count). The molecule has 1 aliphatic heterocycles. The van der Waals surface area contributed by atoms with E-state index in [9.17, 15) is 9.59 Å². The number of aromatic nitrogens is 4. The third-order valence-corrected chi connectivity index (χ3v) is 4.98. The lowest BCUT2D eigenvalue weighted by Gasteiger charge is -2.36. The van der Waals surface area contributed by atoms with Crippen LogP contribution in [0.4, 0.5) is 5.82 Å². The highest BCUT2D eigenvalue weighted by molar-refractivity contribution is 5.99. The summed E-state index contributed by atoms with van der Waals surface area (Å²) < 4.78 is 1.81. The lowest BCUT2D eigenvalue weighted by Crippen LogP contribution is -2.50. The summed E-state index contributed by atoms with van der Waals surface area (Å²) in [6.07, 6.45) is 3.98. The zero-order valence-electron chi connectivity index (χ0n) is 16.0. The van der Waals surface area contributed by atoms with Crippen LogP contribution in [0.2, 0.25) is 0 Å². The lowest BCUT2D eigenvalue weighted by atomic mass is 10.1. The fourth-order valence-corrected chi connectivity index (χ4v) is 3.24. The number of rotatable bonds is 5. The standard InChI is InChI=1S/C18H25N7O2/c1-4-25-11-14(10-20-25)9-15(26)23-5-7-24(8-6-23)18-16(17(19)27)12(2)13(3)21-22-18/h10-11H,4-9H2,1-3H3,(H2,19,27). The Morgan fingerprint density at radius 2 is 1.85 bits per heavy atom. The Bertz CT molecular complexity index is 853. The number of hydrogen-bond donors (Lipinski definition) is 1. The van der Waals surface area contributed by atoms with Crippen molar-refractivity contribution >= 4 is 17.6 Å². The van der Waals surface area contributed by atoms with Gasteiger partial charge in [0.1, 0.15) is 0 Å². The van der Waals surface area contributed by atoms with Crippen molar-refractivity contribution in [1.82, 2.24) is 24.9 Å². The molecule has 0 radical (unpaired) electrons. The molecule has 0 spiro atoms. The summed E-state index contributed by atoms with van der Waals surface area (Å²) in [6.45, 7) is 8.70. The number of aryl methyl sites for hydroxylation is 2. The number of anilines is 1. The maximum atomic E-state index is 12.6. The van der Waals surface area contributed by atoms with Crippen LogP contribution in [-0.2, 0) is 17.8 Å². The van der Waals surface area contributed by atoms with Crippen molar-refractivity contribution in [1.29, 1.82) is 0 Å². The quantitative estimate of drug-likeness (QED) is 0.809. The number of piperazine rings is 1. The van der Waals surface area contributed by atoms with Gasteiger partial charge in [-0.3, -0.25) is 14.3 Å². The van der Waals surface area contributed by atoms with E-state index >= 15 is 0 Å². The van der Waals surface area contributed by atoms with E-state index in [4.69, 9.17) is 5.73 Å². The summed E-state index contributed by atoms with van der Waals surface area (Å²) in [5.74, 6) is 0.0699. The minimum atomic E-state index is -0.507. The van der Waals surface area contributed by atoms with Crippen LogP contribution in [-0.4, -0.2) is 62.9 Å². The molecule has 0 unspecified atom stereocenters. The van der Waals surface area contributed by atoms with Crippen molar-refractivity contribution in [2.45, 2.75) is 33.7 Å². The molecule has 3 heterocycles. The predicted octanol–water partition coefficient (Wildman–Crippen LogP) is 0.300. The van der Waals surface area contributed by atoms with Gasteiger partial charge in [0.05, 0.1) is 23.9 Å². The predicted molar refractivity (Wildman–Crippen MR) is 100 cm³/mol. The van der Waals surface area contributed by atoms with Crippen LogP contribution in [0.3, 0.4) is 0 Å². The number of primary amides is 1. The summed E-state index contributed by atoms with van der Waals surface area (Å²) in [7, 11) is 0. The fourth-order valence-electron chi connectivity index (χ4n) is 3.24. The summed E-state index contributed by atoms with van der Waals surface area (Å²) in [5.41, 5.74) is 8.33. The van der Waals surface area contributed by atoms with Gasteiger partial charge in [0, 0.05) is 38.9 Å². The molecule has 0 aromatic carbocycles. The Kier molecular flexibility index (Phi) is 5.38. The van der Waals surface area contributed by atoms with E-state index in [2.05, 4.69) is 15.3 Å². The van der Waals surface area contributed by atoms with E-state index in [1.54, 1.807) is 13.1 Å². The Balaban J connectivity index is 1.66. The molecule has 2 N–H and O–H groups in total. The zero-order chi connectivity index (χ0) is 19.6. The molecule has 1 saturated heterocycles. The number of carbonyl (C=O) groups excluding carboxylic acids is 2. The van der Waals surface area contributed by atoms with Crippen molar-refractivity contribution in [3.8, 4) is 0 Å². The lowest BCUT2D eigenvalue weighted by molar-refractivity contribution is -0.130. The highest BCUT2D eigenvalue weighted by atomic mass is 16.2. The topological polar surface area (TPSA) is 110 Å². The summed E-state index contributed by atoms with van der Waals surface area (Å²) in [4.78, 5) is 28.2. The molecule has 144 valence electrons. The van der Waals surface area contributed by atoms with E-state index in [0.717, 1.165) is 17.7 Å².